The van der Waals surface area contributed by atoms with E-state index in [9.17, 15) is 19.8 Å². The molecule has 1 heterocycles. The minimum atomic E-state index is -0.824. The van der Waals surface area contributed by atoms with Gasteiger partial charge in [-0.3, -0.25) is 9.59 Å². The first-order valence-electron chi connectivity index (χ1n) is 11.0. The van der Waals surface area contributed by atoms with Crippen molar-refractivity contribution in [2.24, 2.45) is 5.73 Å². The van der Waals surface area contributed by atoms with Crippen LogP contribution in [0.2, 0.25) is 0 Å². The zero-order chi connectivity index (χ0) is 23.1. The Balaban J connectivity index is 1.40. The highest BCUT2D eigenvalue weighted by Gasteiger charge is 2.22. The van der Waals surface area contributed by atoms with E-state index in [1.165, 1.54) is 12.1 Å². The molecule has 8 heteroatoms. The van der Waals surface area contributed by atoms with Gasteiger partial charge in [0.05, 0.1) is 11.7 Å². The number of primary amides is 1. The molecule has 0 aromatic heterocycles. The number of nitrogens with two attached hydrogens (primary N) is 1. The number of hydrogen-bond donors (Lipinski definition) is 5. The fourth-order valence-corrected chi connectivity index (χ4v) is 3.96. The largest absolute Gasteiger partial charge is 0.507 e. The van der Waals surface area contributed by atoms with Crippen LogP contribution in [0.25, 0.3) is 0 Å². The number of carbonyl (C=O) groups is 2. The van der Waals surface area contributed by atoms with Crippen molar-refractivity contribution in [3.8, 4) is 5.75 Å². The van der Waals surface area contributed by atoms with Crippen LogP contribution in [-0.2, 0) is 0 Å². The lowest BCUT2D eigenvalue weighted by Gasteiger charge is -2.34. The van der Waals surface area contributed by atoms with Crippen LogP contribution in [0.4, 0.5) is 0 Å². The Kier molecular flexibility index (Phi) is 8.21. The maximum absolute atomic E-state index is 12.3. The molecule has 1 aliphatic heterocycles. The number of amides is 2. The minimum Gasteiger partial charge on any atom is -0.507 e. The van der Waals surface area contributed by atoms with Crippen LogP contribution in [0.5, 0.6) is 5.75 Å². The van der Waals surface area contributed by atoms with E-state index in [-0.39, 0.29) is 29.3 Å². The quantitative estimate of drug-likeness (QED) is 0.401. The van der Waals surface area contributed by atoms with Crippen molar-refractivity contribution in [1.29, 1.82) is 0 Å². The third kappa shape index (κ3) is 6.53. The standard InChI is InChI=1S/C24H32N4O4/c1-16(26-14-22(30)18-7-8-21(29)20(13-18)23(25)31)15-28-11-9-19(10-12-28)27-24(32)17-5-3-2-4-6-17/h2-8,13,16,19,22,26,29-30H,9-12,14-15H2,1H3,(H2,25,31)(H,27,32). The number of hydrogen-bond acceptors (Lipinski definition) is 6. The van der Waals surface area contributed by atoms with Gasteiger partial charge in [-0.15, -0.1) is 0 Å². The van der Waals surface area contributed by atoms with E-state index in [0.717, 1.165) is 32.5 Å². The molecule has 0 bridgehead atoms. The van der Waals surface area contributed by atoms with E-state index >= 15 is 0 Å². The highest BCUT2D eigenvalue weighted by atomic mass is 16.3. The summed E-state index contributed by atoms with van der Waals surface area (Å²) in [7, 11) is 0. The Hall–Kier alpha value is -2.94. The maximum atomic E-state index is 12.3. The molecule has 2 aromatic carbocycles. The molecule has 1 aliphatic rings. The van der Waals surface area contributed by atoms with Crippen LogP contribution in [0.15, 0.2) is 48.5 Å². The van der Waals surface area contributed by atoms with Crippen molar-refractivity contribution in [3.05, 3.63) is 65.2 Å². The summed E-state index contributed by atoms with van der Waals surface area (Å²) in [5, 5.41) is 26.6. The number of carbonyl (C=O) groups excluding carboxylic acids is 2. The van der Waals surface area contributed by atoms with Crippen LogP contribution in [0.1, 0.15) is 52.1 Å². The molecule has 1 saturated heterocycles. The van der Waals surface area contributed by atoms with Crippen molar-refractivity contribution < 1.29 is 19.8 Å². The van der Waals surface area contributed by atoms with E-state index < -0.39 is 12.0 Å². The Morgan fingerprint density at radius 3 is 2.50 bits per heavy atom. The number of piperidine rings is 1. The first kappa shape index (κ1) is 23.7. The average Bonchev–Trinajstić information content (AvgIpc) is 2.79. The van der Waals surface area contributed by atoms with Gasteiger partial charge < -0.3 is 31.5 Å². The molecule has 2 amide bonds. The smallest absolute Gasteiger partial charge is 0.252 e. The van der Waals surface area contributed by atoms with E-state index in [1.807, 2.05) is 30.3 Å². The molecular weight excluding hydrogens is 408 g/mol. The van der Waals surface area contributed by atoms with Crippen LogP contribution in [0, 0.1) is 0 Å². The molecule has 32 heavy (non-hydrogen) atoms. The molecule has 2 atom stereocenters. The Bertz CT molecular complexity index is 913. The number of aliphatic hydroxyl groups excluding tert-OH is 1. The van der Waals surface area contributed by atoms with Gasteiger partial charge in [-0.05, 0) is 49.6 Å². The molecule has 0 aliphatic carbocycles. The second kappa shape index (κ2) is 11.1. The van der Waals surface area contributed by atoms with Gasteiger partial charge in [0.15, 0.2) is 0 Å². The van der Waals surface area contributed by atoms with Gasteiger partial charge in [-0.2, -0.15) is 0 Å². The molecule has 6 N–H and O–H groups in total. The second-order valence-corrected chi connectivity index (χ2v) is 8.38. The molecule has 1 fully saturated rings. The van der Waals surface area contributed by atoms with Gasteiger partial charge >= 0.3 is 0 Å². The number of aromatic hydroxyl groups is 1. The summed E-state index contributed by atoms with van der Waals surface area (Å²) >= 11 is 0. The Morgan fingerprint density at radius 2 is 1.84 bits per heavy atom. The SMILES string of the molecule is CC(CN1CCC(NC(=O)c2ccccc2)CC1)NCC(O)c1ccc(O)c(C(N)=O)c1. The van der Waals surface area contributed by atoms with Crippen molar-refractivity contribution in [2.45, 2.75) is 38.0 Å². The zero-order valence-electron chi connectivity index (χ0n) is 18.3. The van der Waals surface area contributed by atoms with E-state index in [2.05, 4.69) is 22.5 Å². The zero-order valence-corrected chi connectivity index (χ0v) is 18.3. The molecule has 3 rings (SSSR count). The monoisotopic (exact) mass is 440 g/mol. The van der Waals surface area contributed by atoms with Crippen LogP contribution in [-0.4, -0.2) is 65.2 Å². The first-order chi connectivity index (χ1) is 15.3. The van der Waals surface area contributed by atoms with Gasteiger partial charge in [-0.1, -0.05) is 24.3 Å². The molecule has 8 nitrogen and oxygen atoms in total. The maximum Gasteiger partial charge on any atom is 0.252 e. The highest BCUT2D eigenvalue weighted by molar-refractivity contribution is 5.95. The van der Waals surface area contributed by atoms with Gasteiger partial charge in [-0.25, -0.2) is 0 Å². The van der Waals surface area contributed by atoms with Gasteiger partial charge in [0.1, 0.15) is 5.75 Å². The second-order valence-electron chi connectivity index (χ2n) is 8.38. The van der Waals surface area contributed by atoms with E-state index in [0.29, 0.717) is 17.7 Å². The van der Waals surface area contributed by atoms with Crippen LogP contribution < -0.4 is 16.4 Å². The van der Waals surface area contributed by atoms with Gasteiger partial charge in [0.25, 0.3) is 11.8 Å². The lowest BCUT2D eigenvalue weighted by atomic mass is 10.0. The summed E-state index contributed by atoms with van der Waals surface area (Å²) in [5.74, 6) is -0.957. The Morgan fingerprint density at radius 1 is 1.16 bits per heavy atom. The number of benzene rings is 2. The molecule has 0 spiro atoms. The molecule has 172 valence electrons. The summed E-state index contributed by atoms with van der Waals surface area (Å²) < 4.78 is 0. The third-order valence-corrected chi connectivity index (χ3v) is 5.82. The molecule has 2 unspecified atom stereocenters. The summed E-state index contributed by atoms with van der Waals surface area (Å²) in [6.45, 7) is 4.99. The predicted octanol–water partition coefficient (Wildman–Crippen LogP) is 1.40. The average molecular weight is 441 g/mol. The van der Waals surface area contributed by atoms with Gasteiger partial charge in [0.2, 0.25) is 0 Å². The number of phenols is 1. The normalized spacial score (nSPS) is 16.9. The van der Waals surface area contributed by atoms with Crippen LogP contribution in [0.3, 0.4) is 0 Å². The molecule has 0 radical (unpaired) electrons. The van der Waals surface area contributed by atoms with E-state index in [4.69, 9.17) is 5.73 Å². The summed E-state index contributed by atoms with van der Waals surface area (Å²) in [6.07, 6.45) is 0.976. The lowest BCUT2D eigenvalue weighted by Crippen LogP contribution is -2.48. The summed E-state index contributed by atoms with van der Waals surface area (Å²) in [4.78, 5) is 26.0. The highest BCUT2D eigenvalue weighted by Crippen LogP contribution is 2.22. The van der Waals surface area contributed by atoms with Crippen molar-refractivity contribution in [2.75, 3.05) is 26.2 Å². The molecule has 0 saturated carbocycles. The van der Waals surface area contributed by atoms with Crippen LogP contribution >= 0.6 is 0 Å². The predicted molar refractivity (Wildman–Crippen MR) is 122 cm³/mol. The number of likely N-dealkylation sites (tertiary alicyclic amines) is 1. The fraction of sp³-hybridized carbons (Fsp3) is 0.417. The van der Waals surface area contributed by atoms with E-state index in [1.54, 1.807) is 6.07 Å². The first-order valence-corrected chi connectivity index (χ1v) is 11.0. The topological polar surface area (TPSA) is 128 Å². The van der Waals surface area contributed by atoms with Crippen molar-refractivity contribution in [1.82, 2.24) is 15.5 Å². The number of rotatable bonds is 9. The number of aliphatic hydroxyl groups is 1. The van der Waals surface area contributed by atoms with Crippen molar-refractivity contribution >= 4 is 11.8 Å². The number of nitrogens with one attached hydrogen (secondary N) is 2. The molecular formula is C24H32N4O4. The van der Waals surface area contributed by atoms with Crippen molar-refractivity contribution in [3.63, 3.8) is 0 Å². The minimum absolute atomic E-state index is 0.00294. The summed E-state index contributed by atoms with van der Waals surface area (Å²) in [6, 6.07) is 13.9. The fourth-order valence-electron chi connectivity index (χ4n) is 3.96. The number of nitrogens with zero attached hydrogens (tertiary/aromatic N) is 1. The lowest BCUT2D eigenvalue weighted by molar-refractivity contribution is 0.0906. The summed E-state index contributed by atoms with van der Waals surface area (Å²) in [5.41, 5.74) is 6.45. The molecule has 2 aromatic rings. The Labute approximate surface area is 188 Å². The third-order valence-electron chi connectivity index (χ3n) is 5.82. The van der Waals surface area contributed by atoms with Gasteiger partial charge in [0, 0.05) is 43.8 Å².